The second-order valence-corrected chi connectivity index (χ2v) is 3.88. The molecule has 0 aliphatic rings. The molecular weight excluding hydrogens is 244 g/mol. The Hall–Kier alpha value is -2.29. The highest BCUT2D eigenvalue weighted by atomic mass is 16.3. The number of unbranched alkanes of at least 4 members (excludes halogenated alkanes) is 1. The molecule has 0 radical (unpaired) electrons. The van der Waals surface area contributed by atoms with Crippen LogP contribution < -0.4 is 5.32 Å². The Bertz CT molecular complexity index is 434. The predicted octanol–water partition coefficient (Wildman–Crippen LogP) is 2.34. The van der Waals surface area contributed by atoms with Crippen LogP contribution in [0.1, 0.15) is 31.9 Å². The van der Waals surface area contributed by atoms with E-state index in [4.69, 9.17) is 9.68 Å². The number of rotatable bonds is 7. The summed E-state index contributed by atoms with van der Waals surface area (Å²) in [5.41, 5.74) is 0. The summed E-state index contributed by atoms with van der Waals surface area (Å²) >= 11 is 0. The average Bonchev–Trinajstić information content (AvgIpc) is 2.92. The van der Waals surface area contributed by atoms with Gasteiger partial charge in [0.15, 0.2) is 0 Å². The van der Waals surface area contributed by atoms with E-state index in [9.17, 15) is 4.79 Å². The molecule has 0 fully saturated rings. The topological polar surface area (TPSA) is 81.6 Å². The van der Waals surface area contributed by atoms with Gasteiger partial charge < -0.3 is 9.73 Å². The Morgan fingerprint density at radius 1 is 1.68 bits per heavy atom. The minimum absolute atomic E-state index is 0.233. The number of nitrogens with one attached hydrogen (secondary N) is 1. The monoisotopic (exact) mass is 262 g/mol. The second kappa shape index (κ2) is 8.75. The van der Waals surface area contributed by atoms with Crippen molar-refractivity contribution in [1.82, 2.24) is 10.3 Å². The molecule has 0 saturated carbocycles. The Morgan fingerprint density at radius 3 is 3.16 bits per heavy atom. The normalized spacial score (nSPS) is 10.3. The van der Waals surface area contributed by atoms with Crippen LogP contribution in [0.4, 0.5) is 4.79 Å². The maximum atomic E-state index is 11.8. The maximum Gasteiger partial charge on any atom is 0.337 e. The van der Waals surface area contributed by atoms with Crippen molar-refractivity contribution in [2.75, 3.05) is 13.1 Å². The first kappa shape index (κ1) is 14.8. The van der Waals surface area contributed by atoms with Crippen LogP contribution in [0.25, 0.3) is 0 Å². The Labute approximate surface area is 112 Å². The van der Waals surface area contributed by atoms with Gasteiger partial charge in [-0.2, -0.15) is 10.4 Å². The lowest BCUT2D eigenvalue weighted by molar-refractivity contribution is 0.201. The largest absolute Gasteiger partial charge is 0.463 e. The molecule has 2 amide bonds. The summed E-state index contributed by atoms with van der Waals surface area (Å²) in [7, 11) is 0. The van der Waals surface area contributed by atoms with E-state index in [-0.39, 0.29) is 19.0 Å². The van der Waals surface area contributed by atoms with Gasteiger partial charge in [-0.15, -0.1) is 0 Å². The van der Waals surface area contributed by atoms with Crippen LogP contribution in [-0.2, 0) is 0 Å². The van der Waals surface area contributed by atoms with E-state index in [1.54, 1.807) is 12.1 Å². The first-order valence-electron chi connectivity index (χ1n) is 6.27. The quantitative estimate of drug-likeness (QED) is 0.465. The zero-order chi connectivity index (χ0) is 13.9. The number of urea groups is 1. The molecule has 0 aliphatic heterocycles. The molecule has 1 aromatic rings. The van der Waals surface area contributed by atoms with Gasteiger partial charge in [0.25, 0.3) is 0 Å². The molecule has 0 atom stereocenters. The van der Waals surface area contributed by atoms with Crippen LogP contribution in [0, 0.1) is 11.3 Å². The molecule has 0 bridgehead atoms. The van der Waals surface area contributed by atoms with Gasteiger partial charge in [-0.05, 0) is 18.6 Å². The summed E-state index contributed by atoms with van der Waals surface area (Å²) in [6.07, 6.45) is 5.14. The molecule has 6 heteroatoms. The van der Waals surface area contributed by atoms with Crippen molar-refractivity contribution >= 4 is 12.2 Å². The number of carbonyl (C=O) groups is 1. The smallest absolute Gasteiger partial charge is 0.337 e. The molecule has 6 nitrogen and oxygen atoms in total. The fraction of sp³-hybridized carbons (Fsp3) is 0.462. The number of nitrogens with zero attached hydrogens (tertiary/aromatic N) is 3. The molecule has 19 heavy (non-hydrogen) atoms. The fourth-order valence-corrected chi connectivity index (χ4v) is 1.32. The molecule has 0 unspecified atom stereocenters. The standard InChI is InChI=1S/C13H18N4O2/c1-2-3-8-15-13(18)17(9-5-7-14)16-11-12-6-4-10-19-12/h4,6,10-11H,2-3,5,8-9H2,1H3,(H,15,18)/b16-11+. The number of hydrogen-bond donors (Lipinski definition) is 1. The van der Waals surface area contributed by atoms with Gasteiger partial charge >= 0.3 is 6.03 Å². The van der Waals surface area contributed by atoms with Gasteiger partial charge in [0.05, 0.1) is 31.5 Å². The first-order chi connectivity index (χ1) is 9.27. The molecule has 1 heterocycles. The van der Waals surface area contributed by atoms with Gasteiger partial charge in [-0.25, -0.2) is 9.80 Å². The average molecular weight is 262 g/mol. The van der Waals surface area contributed by atoms with Gasteiger partial charge in [-0.1, -0.05) is 13.3 Å². The van der Waals surface area contributed by atoms with Crippen molar-refractivity contribution in [2.24, 2.45) is 5.10 Å². The van der Waals surface area contributed by atoms with Gasteiger partial charge in [0.1, 0.15) is 5.76 Å². The molecule has 1 aromatic heterocycles. The van der Waals surface area contributed by atoms with Crippen molar-refractivity contribution in [1.29, 1.82) is 5.26 Å². The Kier molecular flexibility index (Phi) is 6.80. The lowest BCUT2D eigenvalue weighted by Crippen LogP contribution is -2.37. The Balaban J connectivity index is 2.55. The van der Waals surface area contributed by atoms with E-state index in [1.165, 1.54) is 17.5 Å². The minimum atomic E-state index is -0.300. The summed E-state index contributed by atoms with van der Waals surface area (Å²) < 4.78 is 5.09. The summed E-state index contributed by atoms with van der Waals surface area (Å²) in [6.45, 7) is 2.91. The minimum Gasteiger partial charge on any atom is -0.463 e. The van der Waals surface area contributed by atoms with Crippen molar-refractivity contribution in [3.8, 4) is 6.07 Å². The van der Waals surface area contributed by atoms with Gasteiger partial charge in [-0.3, -0.25) is 0 Å². The van der Waals surface area contributed by atoms with Gasteiger partial charge in [0, 0.05) is 6.54 Å². The number of amides is 2. The molecule has 1 rings (SSSR count). The highest BCUT2D eigenvalue weighted by molar-refractivity contribution is 5.79. The number of hydrogen-bond acceptors (Lipinski definition) is 4. The number of furan rings is 1. The molecule has 0 spiro atoms. The first-order valence-corrected chi connectivity index (χ1v) is 6.27. The van der Waals surface area contributed by atoms with Crippen LogP contribution in [0.3, 0.4) is 0 Å². The fourth-order valence-electron chi connectivity index (χ4n) is 1.32. The molecule has 0 aromatic carbocycles. The predicted molar refractivity (Wildman–Crippen MR) is 71.5 cm³/mol. The molecule has 0 saturated heterocycles. The van der Waals surface area contributed by atoms with Crippen LogP contribution in [-0.4, -0.2) is 30.3 Å². The van der Waals surface area contributed by atoms with E-state index >= 15 is 0 Å². The van der Waals surface area contributed by atoms with E-state index in [2.05, 4.69) is 17.3 Å². The zero-order valence-corrected chi connectivity index (χ0v) is 11.0. The number of nitriles is 1. The van der Waals surface area contributed by atoms with Crippen molar-refractivity contribution in [3.63, 3.8) is 0 Å². The third-order valence-electron chi connectivity index (χ3n) is 2.34. The Morgan fingerprint density at radius 2 is 2.53 bits per heavy atom. The van der Waals surface area contributed by atoms with Crippen LogP contribution in [0.15, 0.2) is 27.9 Å². The SMILES string of the molecule is CCCCNC(=O)N(CCC#N)/N=C/c1ccco1. The van der Waals surface area contributed by atoms with E-state index < -0.39 is 0 Å². The van der Waals surface area contributed by atoms with Crippen LogP contribution in [0.5, 0.6) is 0 Å². The summed E-state index contributed by atoms with van der Waals surface area (Å²) in [4.78, 5) is 11.8. The summed E-state index contributed by atoms with van der Waals surface area (Å²) in [6, 6.07) is 5.17. The highest BCUT2D eigenvalue weighted by Crippen LogP contribution is 1.99. The van der Waals surface area contributed by atoms with Crippen molar-refractivity contribution < 1.29 is 9.21 Å². The third-order valence-corrected chi connectivity index (χ3v) is 2.34. The summed E-state index contributed by atoms with van der Waals surface area (Å²) in [5, 5.41) is 16.6. The van der Waals surface area contributed by atoms with E-state index in [1.807, 2.05) is 6.07 Å². The highest BCUT2D eigenvalue weighted by Gasteiger charge is 2.10. The second-order valence-electron chi connectivity index (χ2n) is 3.88. The molecular formula is C13H18N4O2. The lowest BCUT2D eigenvalue weighted by Gasteiger charge is -2.16. The lowest BCUT2D eigenvalue weighted by atomic mass is 10.3. The molecule has 0 aliphatic carbocycles. The van der Waals surface area contributed by atoms with Crippen LogP contribution in [0.2, 0.25) is 0 Å². The van der Waals surface area contributed by atoms with Gasteiger partial charge in [0.2, 0.25) is 0 Å². The number of carbonyl (C=O) groups excluding carboxylic acids is 1. The van der Waals surface area contributed by atoms with Crippen molar-refractivity contribution in [2.45, 2.75) is 26.2 Å². The molecule has 1 N–H and O–H groups in total. The third kappa shape index (κ3) is 5.73. The van der Waals surface area contributed by atoms with Crippen LogP contribution >= 0.6 is 0 Å². The zero-order valence-electron chi connectivity index (χ0n) is 11.0. The number of hydrazone groups is 1. The van der Waals surface area contributed by atoms with E-state index in [0.717, 1.165) is 12.8 Å². The maximum absolute atomic E-state index is 11.8. The van der Waals surface area contributed by atoms with Crippen molar-refractivity contribution in [3.05, 3.63) is 24.2 Å². The summed E-state index contributed by atoms with van der Waals surface area (Å²) in [5.74, 6) is 0.559. The van der Waals surface area contributed by atoms with E-state index in [0.29, 0.717) is 12.3 Å². The molecule has 102 valence electrons.